The van der Waals surface area contributed by atoms with Crippen molar-refractivity contribution in [1.82, 2.24) is 20.1 Å². The highest BCUT2D eigenvalue weighted by atomic mass is 16.6. The van der Waals surface area contributed by atoms with Gasteiger partial charge in [0.25, 0.3) is 0 Å². The Balaban J connectivity index is 1.93. The van der Waals surface area contributed by atoms with Crippen molar-refractivity contribution in [2.45, 2.75) is 19.5 Å². The Morgan fingerprint density at radius 1 is 1.45 bits per heavy atom. The van der Waals surface area contributed by atoms with Gasteiger partial charge >= 0.3 is 5.95 Å². The highest BCUT2D eigenvalue weighted by Gasteiger charge is 2.16. The lowest BCUT2D eigenvalue weighted by molar-refractivity contribution is -0.394. The number of carbonyl (C=O) groups is 1. The first-order valence-corrected chi connectivity index (χ1v) is 5.94. The lowest BCUT2D eigenvalue weighted by atomic mass is 10.1. The third-order valence-corrected chi connectivity index (χ3v) is 2.67. The van der Waals surface area contributed by atoms with Crippen LogP contribution >= 0.6 is 0 Å². The van der Waals surface area contributed by atoms with Gasteiger partial charge in [0.2, 0.25) is 12.2 Å². The average Bonchev–Trinajstić information content (AvgIpc) is 2.88. The smallest absolute Gasteiger partial charge is 0.390 e. The van der Waals surface area contributed by atoms with E-state index in [1.54, 1.807) is 0 Å². The van der Waals surface area contributed by atoms with Gasteiger partial charge in [-0.3, -0.25) is 4.79 Å². The molecule has 0 saturated carbocycles. The molecule has 8 nitrogen and oxygen atoms in total. The van der Waals surface area contributed by atoms with Crippen molar-refractivity contribution in [2.75, 3.05) is 0 Å². The maximum Gasteiger partial charge on any atom is 0.490 e. The number of nitrogens with zero attached hydrogens (tertiary/aromatic N) is 4. The fourth-order valence-corrected chi connectivity index (χ4v) is 1.70. The van der Waals surface area contributed by atoms with Crippen molar-refractivity contribution in [1.29, 1.82) is 0 Å². The summed E-state index contributed by atoms with van der Waals surface area (Å²) in [6.07, 6.45) is 1.16. The van der Waals surface area contributed by atoms with E-state index in [9.17, 15) is 14.9 Å². The van der Waals surface area contributed by atoms with Crippen LogP contribution in [0.15, 0.2) is 36.7 Å². The molecule has 1 N–H and O–H groups in total. The van der Waals surface area contributed by atoms with Crippen LogP contribution in [0.5, 0.6) is 0 Å². The van der Waals surface area contributed by atoms with Crippen LogP contribution in [0.25, 0.3) is 0 Å². The van der Waals surface area contributed by atoms with Gasteiger partial charge < -0.3 is 15.4 Å². The molecule has 0 aliphatic heterocycles. The van der Waals surface area contributed by atoms with Crippen LogP contribution in [0, 0.1) is 10.1 Å². The number of amides is 1. The van der Waals surface area contributed by atoms with E-state index in [-0.39, 0.29) is 18.5 Å². The SMILES string of the molecule is C[C@@H](NC(=O)Cn1cnc([N+](=O)[O-])n1)c1ccccc1. The van der Waals surface area contributed by atoms with Gasteiger partial charge in [-0.2, -0.15) is 4.68 Å². The summed E-state index contributed by atoms with van der Waals surface area (Å²) in [4.78, 5) is 25.0. The molecular weight excluding hydrogens is 262 g/mol. The van der Waals surface area contributed by atoms with Crippen LogP contribution in [0.3, 0.4) is 0 Å². The highest BCUT2D eigenvalue weighted by molar-refractivity contribution is 5.76. The Hall–Kier alpha value is -2.77. The third kappa shape index (κ3) is 3.37. The van der Waals surface area contributed by atoms with Crippen LogP contribution in [0.2, 0.25) is 0 Å². The minimum atomic E-state index is -0.707. The van der Waals surface area contributed by atoms with Crippen molar-refractivity contribution >= 4 is 11.9 Å². The molecule has 0 fully saturated rings. The third-order valence-electron chi connectivity index (χ3n) is 2.67. The molecule has 1 heterocycles. The largest absolute Gasteiger partial charge is 0.490 e. The number of rotatable bonds is 5. The molecule has 0 aliphatic rings. The van der Waals surface area contributed by atoms with E-state index in [4.69, 9.17) is 0 Å². The second-order valence-corrected chi connectivity index (χ2v) is 4.20. The zero-order chi connectivity index (χ0) is 14.5. The van der Waals surface area contributed by atoms with Gasteiger partial charge in [-0.1, -0.05) is 35.3 Å². The van der Waals surface area contributed by atoms with Crippen molar-refractivity contribution in [2.24, 2.45) is 0 Å². The Labute approximate surface area is 114 Å². The van der Waals surface area contributed by atoms with Crippen molar-refractivity contribution in [3.05, 3.63) is 52.3 Å². The first-order valence-electron chi connectivity index (χ1n) is 5.94. The zero-order valence-electron chi connectivity index (χ0n) is 10.8. The first-order chi connectivity index (χ1) is 9.56. The maximum atomic E-state index is 11.8. The number of hydrogen-bond donors (Lipinski definition) is 1. The van der Waals surface area contributed by atoms with E-state index in [0.717, 1.165) is 16.6 Å². The zero-order valence-corrected chi connectivity index (χ0v) is 10.8. The fraction of sp³-hybridized carbons (Fsp3) is 0.250. The molecule has 104 valence electrons. The molecule has 0 radical (unpaired) electrons. The standard InChI is InChI=1S/C12H13N5O3/c1-9(10-5-3-2-4-6-10)14-11(18)7-16-8-13-12(15-16)17(19)20/h2-6,8-9H,7H2,1H3,(H,14,18)/t9-/m1/s1. The summed E-state index contributed by atoms with van der Waals surface area (Å²) in [6.45, 7) is 1.75. The molecule has 0 spiro atoms. The molecule has 0 aliphatic carbocycles. The van der Waals surface area contributed by atoms with Crippen LogP contribution < -0.4 is 5.32 Å². The van der Waals surface area contributed by atoms with Gasteiger partial charge in [0.05, 0.1) is 6.04 Å². The van der Waals surface area contributed by atoms with Crippen molar-refractivity contribution < 1.29 is 9.72 Å². The van der Waals surface area contributed by atoms with E-state index in [1.165, 1.54) is 0 Å². The summed E-state index contributed by atoms with van der Waals surface area (Å²) in [5.74, 6) is -0.810. The number of hydrogen-bond acceptors (Lipinski definition) is 5. The summed E-state index contributed by atoms with van der Waals surface area (Å²) in [6, 6.07) is 9.34. The second kappa shape index (κ2) is 5.91. The fourth-order valence-electron chi connectivity index (χ4n) is 1.70. The molecule has 2 rings (SSSR count). The molecule has 0 unspecified atom stereocenters. The quantitative estimate of drug-likeness (QED) is 0.649. The monoisotopic (exact) mass is 275 g/mol. The minimum Gasteiger partial charge on any atom is -0.390 e. The lowest BCUT2D eigenvalue weighted by Crippen LogP contribution is -2.30. The van der Waals surface area contributed by atoms with Crippen molar-refractivity contribution in [3.8, 4) is 0 Å². The molecule has 0 saturated heterocycles. The Kier molecular flexibility index (Phi) is 4.04. The van der Waals surface area contributed by atoms with E-state index in [1.807, 2.05) is 37.3 Å². The van der Waals surface area contributed by atoms with Crippen LogP contribution in [0.1, 0.15) is 18.5 Å². The summed E-state index contributed by atoms with van der Waals surface area (Å²) >= 11 is 0. The van der Waals surface area contributed by atoms with Gasteiger partial charge in [0.1, 0.15) is 6.54 Å². The molecule has 1 amide bonds. The van der Waals surface area contributed by atoms with Gasteiger partial charge in [-0.15, -0.1) is 0 Å². The highest BCUT2D eigenvalue weighted by Crippen LogP contribution is 2.10. The number of carbonyl (C=O) groups excluding carboxylic acids is 1. The summed E-state index contributed by atoms with van der Waals surface area (Å²) in [7, 11) is 0. The molecule has 8 heteroatoms. The number of benzene rings is 1. The number of nitro groups is 1. The topological polar surface area (TPSA) is 103 Å². The summed E-state index contributed by atoms with van der Waals surface area (Å²) in [5, 5.41) is 16.8. The maximum absolute atomic E-state index is 11.8. The summed E-state index contributed by atoms with van der Waals surface area (Å²) in [5.41, 5.74) is 0.977. The van der Waals surface area contributed by atoms with Crippen molar-refractivity contribution in [3.63, 3.8) is 0 Å². The molecule has 1 aromatic heterocycles. The van der Waals surface area contributed by atoms with Gasteiger partial charge in [-0.25, -0.2) is 0 Å². The number of aromatic nitrogens is 3. The van der Waals surface area contributed by atoms with Gasteiger partial charge in [0.15, 0.2) is 0 Å². The predicted molar refractivity (Wildman–Crippen MR) is 69.7 cm³/mol. The summed E-state index contributed by atoms with van der Waals surface area (Å²) < 4.78 is 1.13. The van der Waals surface area contributed by atoms with E-state index in [0.29, 0.717) is 0 Å². The van der Waals surface area contributed by atoms with Crippen LogP contribution in [-0.4, -0.2) is 25.6 Å². The van der Waals surface area contributed by atoms with Gasteiger partial charge in [-0.05, 0) is 17.4 Å². The Morgan fingerprint density at radius 2 is 2.15 bits per heavy atom. The minimum absolute atomic E-state index is 0.113. The first kappa shape index (κ1) is 13.7. The van der Waals surface area contributed by atoms with Crippen LogP contribution in [-0.2, 0) is 11.3 Å². The molecule has 1 atom stereocenters. The van der Waals surface area contributed by atoms with E-state index in [2.05, 4.69) is 15.4 Å². The van der Waals surface area contributed by atoms with E-state index < -0.39 is 10.9 Å². The predicted octanol–water partition coefficient (Wildman–Crippen LogP) is 1.06. The van der Waals surface area contributed by atoms with E-state index >= 15 is 0 Å². The molecule has 1 aromatic carbocycles. The molecule has 2 aromatic rings. The Morgan fingerprint density at radius 3 is 2.75 bits per heavy atom. The molecule has 20 heavy (non-hydrogen) atoms. The Bertz CT molecular complexity index is 611. The average molecular weight is 275 g/mol. The lowest BCUT2D eigenvalue weighted by Gasteiger charge is -2.13. The number of nitrogens with one attached hydrogen (secondary N) is 1. The van der Waals surface area contributed by atoms with Gasteiger partial charge in [0, 0.05) is 5.10 Å². The molecule has 0 bridgehead atoms. The second-order valence-electron chi connectivity index (χ2n) is 4.20. The van der Waals surface area contributed by atoms with Crippen LogP contribution in [0.4, 0.5) is 5.95 Å². The normalized spacial score (nSPS) is 11.8. The molecular formula is C12H13N5O3.